The van der Waals surface area contributed by atoms with E-state index in [2.05, 4.69) is 38.7 Å². The molecule has 0 N–H and O–H groups in total. The molecule has 0 unspecified atom stereocenters. The number of hydrogen-bond acceptors (Lipinski definition) is 3. The van der Waals surface area contributed by atoms with Gasteiger partial charge in [0, 0.05) is 42.4 Å². The Balaban J connectivity index is 1.58. The predicted octanol–water partition coefficient (Wildman–Crippen LogP) is 4.48. The maximum Gasteiger partial charge on any atom is 0.110 e. The van der Waals surface area contributed by atoms with Gasteiger partial charge in [-0.25, -0.2) is 9.37 Å². The van der Waals surface area contributed by atoms with E-state index in [1.807, 2.05) is 26.4 Å². The fourth-order valence-electron chi connectivity index (χ4n) is 4.08. The smallest absolute Gasteiger partial charge is 0.110 e. The van der Waals surface area contributed by atoms with Crippen molar-refractivity contribution >= 4 is 10.8 Å². The average molecular weight is 366 g/mol. The summed E-state index contributed by atoms with van der Waals surface area (Å²) in [5, 5.41) is 2.38. The summed E-state index contributed by atoms with van der Waals surface area (Å²) >= 11 is 0. The van der Waals surface area contributed by atoms with Gasteiger partial charge in [0.15, 0.2) is 0 Å². The molecule has 1 aliphatic heterocycles. The van der Waals surface area contributed by atoms with Gasteiger partial charge in [0.25, 0.3) is 0 Å². The summed E-state index contributed by atoms with van der Waals surface area (Å²) in [5.41, 5.74) is 3.46. The summed E-state index contributed by atoms with van der Waals surface area (Å²) in [6.07, 6.45) is 5.26. The molecular formula is C22H27FN4. The molecule has 3 heterocycles. The van der Waals surface area contributed by atoms with Crippen LogP contribution in [0.25, 0.3) is 22.0 Å². The summed E-state index contributed by atoms with van der Waals surface area (Å²) in [4.78, 5) is 11.4. The molecule has 1 atom stereocenters. The zero-order chi connectivity index (χ0) is 19.0. The first-order valence-electron chi connectivity index (χ1n) is 9.76. The molecule has 0 spiro atoms. The van der Waals surface area contributed by atoms with Gasteiger partial charge in [-0.15, -0.1) is 0 Å². The topological polar surface area (TPSA) is 34.0 Å². The first-order chi connectivity index (χ1) is 13.0. The van der Waals surface area contributed by atoms with Crippen LogP contribution in [-0.2, 0) is 7.05 Å². The average Bonchev–Trinajstić information content (AvgIpc) is 3.00. The molecule has 1 aliphatic rings. The molecule has 4 rings (SSSR count). The second-order valence-corrected chi connectivity index (χ2v) is 7.78. The van der Waals surface area contributed by atoms with E-state index in [4.69, 9.17) is 4.98 Å². The maximum absolute atomic E-state index is 13.2. The van der Waals surface area contributed by atoms with Crippen LogP contribution in [0.15, 0.2) is 36.7 Å². The summed E-state index contributed by atoms with van der Waals surface area (Å²) in [6.45, 7) is 6.10. The Labute approximate surface area is 160 Å². The number of hydrogen-bond donors (Lipinski definition) is 0. The van der Waals surface area contributed by atoms with Crippen LogP contribution in [0, 0.1) is 6.92 Å². The minimum absolute atomic E-state index is 0.461. The number of likely N-dealkylation sites (tertiary alicyclic amines) is 1. The van der Waals surface area contributed by atoms with Crippen molar-refractivity contribution in [2.75, 3.05) is 19.6 Å². The van der Waals surface area contributed by atoms with Crippen LogP contribution >= 0.6 is 0 Å². The third kappa shape index (κ3) is 3.74. The Morgan fingerprint density at radius 2 is 1.89 bits per heavy atom. The highest BCUT2D eigenvalue weighted by atomic mass is 19.1. The zero-order valence-electron chi connectivity index (χ0n) is 16.3. The molecule has 4 nitrogen and oxygen atoms in total. The fraction of sp³-hybridized carbons (Fsp3) is 0.455. The van der Waals surface area contributed by atoms with Crippen molar-refractivity contribution in [3.8, 4) is 11.3 Å². The second-order valence-electron chi connectivity index (χ2n) is 7.78. The predicted molar refractivity (Wildman–Crippen MR) is 108 cm³/mol. The Morgan fingerprint density at radius 1 is 1.11 bits per heavy atom. The molecule has 0 aliphatic carbocycles. The largest absolute Gasteiger partial charge is 0.331 e. The van der Waals surface area contributed by atoms with Crippen LogP contribution in [0.3, 0.4) is 0 Å². The van der Waals surface area contributed by atoms with Gasteiger partial charge >= 0.3 is 0 Å². The number of benzene rings is 1. The van der Waals surface area contributed by atoms with E-state index in [1.165, 1.54) is 10.9 Å². The molecule has 0 saturated carbocycles. The number of alkyl halides is 1. The fourth-order valence-corrected chi connectivity index (χ4v) is 4.08. The number of halogens is 1. The Kier molecular flexibility index (Phi) is 4.96. The molecule has 5 heteroatoms. The second kappa shape index (κ2) is 7.39. The monoisotopic (exact) mass is 366 g/mol. The number of rotatable bonds is 4. The lowest BCUT2D eigenvalue weighted by molar-refractivity contribution is 0.164. The zero-order valence-corrected chi connectivity index (χ0v) is 16.3. The summed E-state index contributed by atoms with van der Waals surface area (Å²) in [6, 6.07) is 8.74. The van der Waals surface area contributed by atoms with Crippen molar-refractivity contribution in [2.45, 2.75) is 38.8 Å². The third-order valence-corrected chi connectivity index (χ3v) is 5.77. The van der Waals surface area contributed by atoms with Crippen molar-refractivity contribution in [1.29, 1.82) is 0 Å². The van der Waals surface area contributed by atoms with E-state index >= 15 is 0 Å². The lowest BCUT2D eigenvalue weighted by Crippen LogP contribution is -2.36. The number of piperidine rings is 1. The third-order valence-electron chi connectivity index (χ3n) is 5.77. The molecule has 0 amide bonds. The van der Waals surface area contributed by atoms with Crippen molar-refractivity contribution in [2.24, 2.45) is 7.05 Å². The van der Waals surface area contributed by atoms with Gasteiger partial charge in [-0.3, -0.25) is 4.98 Å². The van der Waals surface area contributed by atoms with Gasteiger partial charge in [0.05, 0.1) is 11.9 Å². The van der Waals surface area contributed by atoms with Crippen molar-refractivity contribution in [3.63, 3.8) is 0 Å². The number of nitrogens with zero attached hydrogens (tertiary/aromatic N) is 4. The summed E-state index contributed by atoms with van der Waals surface area (Å²) in [5.74, 6) is 1.47. The number of aromatic nitrogens is 3. The number of pyridine rings is 1. The van der Waals surface area contributed by atoms with E-state index < -0.39 is 6.17 Å². The van der Waals surface area contributed by atoms with E-state index in [9.17, 15) is 4.39 Å². The standard InChI is InChI=1S/C22H27FN4/c1-15(23)14-27-8-6-17(7-9-27)21-11-20-10-18(4-5-19(20)12-25-21)22-13-24-16(2)26(22)3/h4-5,10-13,15,17H,6-9,14H2,1-3H3/t15-/m1/s1. The highest BCUT2D eigenvalue weighted by Crippen LogP contribution is 2.30. The lowest BCUT2D eigenvalue weighted by Gasteiger charge is -2.32. The Hall–Kier alpha value is -2.27. The van der Waals surface area contributed by atoms with Gasteiger partial charge in [-0.05, 0) is 57.3 Å². The Bertz CT molecular complexity index is 939. The van der Waals surface area contributed by atoms with Crippen molar-refractivity contribution in [1.82, 2.24) is 19.4 Å². The van der Waals surface area contributed by atoms with Crippen molar-refractivity contribution < 1.29 is 4.39 Å². The van der Waals surface area contributed by atoms with Crippen LogP contribution in [0.2, 0.25) is 0 Å². The Morgan fingerprint density at radius 3 is 2.56 bits per heavy atom. The number of imidazole rings is 1. The highest BCUT2D eigenvalue weighted by molar-refractivity contribution is 5.86. The molecule has 1 saturated heterocycles. The van der Waals surface area contributed by atoms with Gasteiger partial charge in [0.2, 0.25) is 0 Å². The van der Waals surface area contributed by atoms with Gasteiger partial charge in [0.1, 0.15) is 12.0 Å². The molecule has 3 aromatic rings. The van der Waals surface area contributed by atoms with Gasteiger partial charge in [-0.2, -0.15) is 0 Å². The van der Waals surface area contributed by atoms with Crippen molar-refractivity contribution in [3.05, 3.63) is 48.2 Å². The lowest BCUT2D eigenvalue weighted by atomic mass is 9.92. The van der Waals surface area contributed by atoms with E-state index in [-0.39, 0.29) is 0 Å². The van der Waals surface area contributed by atoms with E-state index in [0.717, 1.165) is 48.5 Å². The molecular weight excluding hydrogens is 339 g/mol. The van der Waals surface area contributed by atoms with E-state index in [1.54, 1.807) is 6.92 Å². The first-order valence-corrected chi connectivity index (χ1v) is 9.76. The summed E-state index contributed by atoms with van der Waals surface area (Å²) in [7, 11) is 2.05. The molecule has 142 valence electrons. The normalized spacial score (nSPS) is 17.5. The SMILES string of the molecule is Cc1ncc(-c2ccc3cnc(C4CCN(C[C@@H](C)F)CC4)cc3c2)n1C. The highest BCUT2D eigenvalue weighted by Gasteiger charge is 2.22. The van der Waals surface area contributed by atoms with Crippen LogP contribution < -0.4 is 0 Å². The van der Waals surface area contributed by atoms with Gasteiger partial charge < -0.3 is 9.47 Å². The molecule has 0 bridgehead atoms. The molecule has 1 aromatic carbocycles. The minimum atomic E-state index is -0.755. The summed E-state index contributed by atoms with van der Waals surface area (Å²) < 4.78 is 15.3. The van der Waals surface area contributed by atoms with Crippen LogP contribution in [0.4, 0.5) is 4.39 Å². The molecule has 1 fully saturated rings. The minimum Gasteiger partial charge on any atom is -0.331 e. The van der Waals surface area contributed by atoms with Crippen LogP contribution in [0.5, 0.6) is 0 Å². The molecule has 2 aromatic heterocycles. The number of aryl methyl sites for hydroxylation is 1. The van der Waals surface area contributed by atoms with E-state index in [0.29, 0.717) is 12.5 Å². The van der Waals surface area contributed by atoms with Gasteiger partial charge in [-0.1, -0.05) is 12.1 Å². The van der Waals surface area contributed by atoms with Crippen LogP contribution in [0.1, 0.15) is 37.2 Å². The molecule has 0 radical (unpaired) electrons. The number of fused-ring (bicyclic) bond motifs is 1. The maximum atomic E-state index is 13.2. The molecule has 27 heavy (non-hydrogen) atoms. The van der Waals surface area contributed by atoms with Crippen LogP contribution in [-0.4, -0.2) is 45.2 Å². The first kappa shape index (κ1) is 18.1. The quantitative estimate of drug-likeness (QED) is 0.683.